The fourth-order valence-corrected chi connectivity index (χ4v) is 1.82. The van der Waals surface area contributed by atoms with Crippen molar-refractivity contribution >= 4 is 15.9 Å². The monoisotopic (exact) mass is 314 g/mol. The molecule has 0 radical (unpaired) electrons. The lowest BCUT2D eigenvalue weighted by atomic mass is 9.96. The van der Waals surface area contributed by atoms with Crippen LogP contribution in [-0.4, -0.2) is 12.1 Å². The second-order valence-corrected chi connectivity index (χ2v) is 5.00. The van der Waals surface area contributed by atoms with E-state index in [9.17, 15) is 4.39 Å². The summed E-state index contributed by atoms with van der Waals surface area (Å²) < 4.78 is 19.4. The van der Waals surface area contributed by atoms with Gasteiger partial charge in [-0.15, -0.1) is 0 Å². The van der Waals surface area contributed by atoms with Crippen molar-refractivity contribution in [2.24, 2.45) is 5.73 Å². The molecule has 5 heteroatoms. The molecule has 0 aromatic heterocycles. The van der Waals surface area contributed by atoms with Crippen LogP contribution in [0.25, 0.3) is 0 Å². The van der Waals surface area contributed by atoms with Gasteiger partial charge in [0.1, 0.15) is 12.7 Å². The molecule has 0 fully saturated rings. The second-order valence-electron chi connectivity index (χ2n) is 4.21. The lowest BCUT2D eigenvalue weighted by Gasteiger charge is -2.26. The molecule has 0 saturated heterocycles. The summed E-state index contributed by atoms with van der Waals surface area (Å²) in [7, 11) is 0. The Hall–Kier alpha value is -1.12. The van der Waals surface area contributed by atoms with E-state index in [1.165, 1.54) is 12.1 Å². The Bertz CT molecular complexity index is 467. The van der Waals surface area contributed by atoms with Gasteiger partial charge >= 0.3 is 0 Å². The van der Waals surface area contributed by atoms with Crippen LogP contribution in [0.15, 0.2) is 16.6 Å². The van der Waals surface area contributed by atoms with E-state index in [1.807, 2.05) is 19.9 Å². The Morgan fingerprint density at radius 3 is 2.56 bits per heavy atom. The molecule has 0 unspecified atom stereocenters. The molecule has 0 aliphatic carbocycles. The zero-order valence-electron chi connectivity index (χ0n) is 10.5. The highest BCUT2D eigenvalue weighted by atomic mass is 79.9. The number of nitrogens with two attached hydrogens (primary N) is 1. The number of rotatable bonds is 5. The van der Waals surface area contributed by atoms with Gasteiger partial charge in [0.25, 0.3) is 0 Å². The van der Waals surface area contributed by atoms with E-state index in [4.69, 9.17) is 15.7 Å². The number of halogens is 2. The van der Waals surface area contributed by atoms with Crippen LogP contribution in [0, 0.1) is 17.1 Å². The highest BCUT2D eigenvalue weighted by Gasteiger charge is 2.22. The van der Waals surface area contributed by atoms with E-state index >= 15 is 0 Å². The van der Waals surface area contributed by atoms with E-state index in [1.54, 1.807) is 0 Å². The minimum atomic E-state index is -0.566. The summed E-state index contributed by atoms with van der Waals surface area (Å²) in [6.45, 7) is 4.19. The van der Waals surface area contributed by atoms with Crippen LogP contribution in [0.5, 0.6) is 5.75 Å². The Kier molecular flexibility index (Phi) is 5.12. The third-order valence-electron chi connectivity index (χ3n) is 3.09. The molecule has 0 aliphatic rings. The summed E-state index contributed by atoms with van der Waals surface area (Å²) in [5.41, 5.74) is 5.87. The van der Waals surface area contributed by atoms with Crippen LogP contribution < -0.4 is 10.5 Å². The molecule has 1 rings (SSSR count). The van der Waals surface area contributed by atoms with Crippen LogP contribution in [0.4, 0.5) is 4.39 Å². The first-order valence-corrected chi connectivity index (χ1v) is 6.56. The molecule has 18 heavy (non-hydrogen) atoms. The lowest BCUT2D eigenvalue weighted by molar-refractivity contribution is 0.200. The minimum absolute atomic E-state index is 0.109. The maximum Gasteiger partial charge on any atom is 0.180 e. The number of benzene rings is 1. The van der Waals surface area contributed by atoms with Gasteiger partial charge in [-0.3, -0.25) is 0 Å². The van der Waals surface area contributed by atoms with E-state index in [-0.39, 0.29) is 22.4 Å². The van der Waals surface area contributed by atoms with Gasteiger partial charge in [-0.05, 0) is 40.9 Å². The van der Waals surface area contributed by atoms with Crippen molar-refractivity contribution in [3.63, 3.8) is 0 Å². The molecule has 0 spiro atoms. The standard InChI is InChI=1S/C13H16BrFN2O/c1-3-13(17,4-2)8-18-10-6-5-9(7-16)11(14)12(10)15/h5-6H,3-4,8,17H2,1-2H3. The molecule has 0 bridgehead atoms. The van der Waals surface area contributed by atoms with Crippen LogP contribution in [0.1, 0.15) is 32.3 Å². The van der Waals surface area contributed by atoms with Gasteiger partial charge in [-0.25, -0.2) is 4.39 Å². The number of hydrogen-bond acceptors (Lipinski definition) is 3. The molecule has 98 valence electrons. The third kappa shape index (κ3) is 3.21. The largest absolute Gasteiger partial charge is 0.489 e. The highest BCUT2D eigenvalue weighted by Crippen LogP contribution is 2.29. The second kappa shape index (κ2) is 6.17. The van der Waals surface area contributed by atoms with E-state index in [0.29, 0.717) is 0 Å². The maximum atomic E-state index is 13.9. The smallest absolute Gasteiger partial charge is 0.180 e. The van der Waals surface area contributed by atoms with Crippen LogP contribution in [-0.2, 0) is 0 Å². The molecule has 1 aromatic carbocycles. The first kappa shape index (κ1) is 14.9. The molecule has 0 atom stereocenters. The van der Waals surface area contributed by atoms with Gasteiger partial charge in [0.2, 0.25) is 0 Å². The fourth-order valence-electron chi connectivity index (χ4n) is 1.41. The predicted molar refractivity (Wildman–Crippen MR) is 71.8 cm³/mol. The molecule has 0 amide bonds. The summed E-state index contributed by atoms with van der Waals surface area (Å²) in [4.78, 5) is 0. The van der Waals surface area contributed by atoms with Crippen LogP contribution in [0.3, 0.4) is 0 Å². The van der Waals surface area contributed by atoms with E-state index in [2.05, 4.69) is 15.9 Å². The van der Waals surface area contributed by atoms with Gasteiger partial charge in [-0.2, -0.15) is 5.26 Å². The SMILES string of the molecule is CCC(N)(CC)COc1ccc(C#N)c(Br)c1F. The van der Waals surface area contributed by atoms with Crippen molar-refractivity contribution in [1.29, 1.82) is 5.26 Å². The van der Waals surface area contributed by atoms with Crippen molar-refractivity contribution < 1.29 is 9.13 Å². The van der Waals surface area contributed by atoms with Gasteiger partial charge in [0, 0.05) is 5.54 Å². The number of ether oxygens (including phenoxy) is 1. The molecular weight excluding hydrogens is 299 g/mol. The molecule has 0 heterocycles. The first-order valence-electron chi connectivity index (χ1n) is 5.77. The summed E-state index contributed by atoms with van der Waals surface area (Å²) in [5, 5.41) is 8.76. The van der Waals surface area contributed by atoms with Crippen molar-refractivity contribution in [1.82, 2.24) is 0 Å². The van der Waals surface area contributed by atoms with E-state index in [0.717, 1.165) is 12.8 Å². The number of nitriles is 1. The first-order chi connectivity index (χ1) is 8.47. The van der Waals surface area contributed by atoms with Crippen LogP contribution >= 0.6 is 15.9 Å². The van der Waals surface area contributed by atoms with Gasteiger partial charge < -0.3 is 10.5 Å². The van der Waals surface area contributed by atoms with Crippen molar-refractivity contribution in [2.45, 2.75) is 32.2 Å². The average molecular weight is 315 g/mol. The van der Waals surface area contributed by atoms with Crippen LogP contribution in [0.2, 0.25) is 0 Å². The molecule has 1 aromatic rings. The van der Waals surface area contributed by atoms with Gasteiger partial charge in [0.05, 0.1) is 10.0 Å². The minimum Gasteiger partial charge on any atom is -0.489 e. The highest BCUT2D eigenvalue weighted by molar-refractivity contribution is 9.10. The molecular formula is C13H16BrFN2O. The number of nitrogens with zero attached hydrogens (tertiary/aromatic N) is 1. The predicted octanol–water partition coefficient (Wildman–Crippen LogP) is 3.36. The Morgan fingerprint density at radius 1 is 1.44 bits per heavy atom. The Balaban J connectivity index is 2.88. The summed E-state index contributed by atoms with van der Waals surface area (Å²) >= 11 is 3.04. The fraction of sp³-hybridized carbons (Fsp3) is 0.462. The quantitative estimate of drug-likeness (QED) is 0.906. The zero-order chi connectivity index (χ0) is 13.8. The van der Waals surface area contributed by atoms with Crippen molar-refractivity contribution in [3.8, 4) is 11.8 Å². The molecule has 2 N–H and O–H groups in total. The maximum absolute atomic E-state index is 13.9. The third-order valence-corrected chi connectivity index (χ3v) is 3.87. The Labute approximate surface area is 115 Å². The topological polar surface area (TPSA) is 59.0 Å². The number of hydrogen-bond donors (Lipinski definition) is 1. The van der Waals surface area contributed by atoms with E-state index < -0.39 is 11.4 Å². The summed E-state index contributed by atoms with van der Waals surface area (Å²) in [5.74, 6) is -0.457. The Morgan fingerprint density at radius 2 is 2.06 bits per heavy atom. The van der Waals surface area contributed by atoms with Crippen molar-refractivity contribution in [3.05, 3.63) is 28.0 Å². The average Bonchev–Trinajstić information content (AvgIpc) is 2.40. The zero-order valence-corrected chi connectivity index (χ0v) is 12.1. The lowest BCUT2D eigenvalue weighted by Crippen LogP contribution is -2.44. The van der Waals surface area contributed by atoms with Gasteiger partial charge in [-0.1, -0.05) is 13.8 Å². The summed E-state index contributed by atoms with van der Waals surface area (Å²) in [6, 6.07) is 4.85. The normalized spacial score (nSPS) is 11.1. The molecule has 0 aliphatic heterocycles. The summed E-state index contributed by atoms with van der Waals surface area (Å²) in [6.07, 6.45) is 1.51. The van der Waals surface area contributed by atoms with Crippen molar-refractivity contribution in [2.75, 3.05) is 6.61 Å². The molecule has 0 saturated carbocycles. The van der Waals surface area contributed by atoms with Gasteiger partial charge in [0.15, 0.2) is 11.6 Å². The molecule has 3 nitrogen and oxygen atoms in total.